The number of anilines is 1. The fourth-order valence-corrected chi connectivity index (χ4v) is 5.01. The van der Waals surface area contributed by atoms with Crippen LogP contribution in [0.25, 0.3) is 0 Å². The van der Waals surface area contributed by atoms with Gasteiger partial charge in [-0.15, -0.1) is 0 Å². The number of hydrogen-bond donors (Lipinski definition) is 2. The number of rotatable bonds is 6. The van der Waals surface area contributed by atoms with E-state index in [1.807, 2.05) is 0 Å². The van der Waals surface area contributed by atoms with Crippen molar-refractivity contribution in [1.29, 1.82) is 0 Å². The van der Waals surface area contributed by atoms with Gasteiger partial charge in [0.25, 0.3) is 0 Å². The summed E-state index contributed by atoms with van der Waals surface area (Å²) in [5.41, 5.74) is -4.51. The maximum Gasteiger partial charge on any atom is 0.416 e. The number of carbonyl (C=O) groups excluding carboxylic acids is 1. The molecule has 0 aromatic heterocycles. The number of alkyl halides is 9. The Morgan fingerprint density at radius 1 is 0.977 bits per heavy atom. The highest BCUT2D eigenvalue weighted by atomic mass is 19.4. The molecule has 3 atom stereocenters. The van der Waals surface area contributed by atoms with Gasteiger partial charge >= 0.3 is 24.6 Å². The lowest BCUT2D eigenvalue weighted by Gasteiger charge is -2.41. The van der Waals surface area contributed by atoms with Crippen molar-refractivity contribution in [2.24, 2.45) is 4.99 Å². The van der Waals surface area contributed by atoms with E-state index in [0.29, 0.717) is 18.6 Å². The zero-order valence-corrected chi connectivity index (χ0v) is 23.1. The van der Waals surface area contributed by atoms with Crippen LogP contribution < -0.4 is 10.2 Å². The summed E-state index contributed by atoms with van der Waals surface area (Å²) in [5.74, 6) is -0.261. The van der Waals surface area contributed by atoms with Gasteiger partial charge in [-0.1, -0.05) is 6.92 Å². The predicted molar refractivity (Wildman–Crippen MR) is 137 cm³/mol. The minimum Gasteiger partial charge on any atom is -0.449 e. The average molecular weight is 643 g/mol. The van der Waals surface area contributed by atoms with Crippen molar-refractivity contribution in [1.82, 2.24) is 10.4 Å². The summed E-state index contributed by atoms with van der Waals surface area (Å²) in [7, 11) is 0. The molecule has 0 spiro atoms. The molecule has 17 heteroatoms. The molecule has 8 nitrogen and oxygen atoms in total. The second kappa shape index (κ2) is 12.3. The van der Waals surface area contributed by atoms with Gasteiger partial charge in [-0.2, -0.15) is 39.5 Å². The van der Waals surface area contributed by atoms with Crippen LogP contribution >= 0.6 is 0 Å². The molecule has 0 saturated carbocycles. The van der Waals surface area contributed by atoms with E-state index < -0.39 is 78.3 Å². The van der Waals surface area contributed by atoms with E-state index in [2.05, 4.69) is 10.3 Å². The lowest BCUT2D eigenvalue weighted by molar-refractivity contribution is -0.146. The Morgan fingerprint density at radius 3 is 2.11 bits per heavy atom. The van der Waals surface area contributed by atoms with Crippen LogP contribution in [0.15, 0.2) is 41.4 Å². The molecule has 0 radical (unpaired) electrons. The van der Waals surface area contributed by atoms with Crippen LogP contribution in [0, 0.1) is 0 Å². The van der Waals surface area contributed by atoms with E-state index in [0.717, 1.165) is 23.3 Å². The number of nitrogens with one attached hydrogen (secondary N) is 1. The molecule has 0 bridgehead atoms. The highest BCUT2D eigenvalue weighted by molar-refractivity contribution is 5.91. The monoisotopic (exact) mass is 642 g/mol. The van der Waals surface area contributed by atoms with Crippen molar-refractivity contribution in [2.75, 3.05) is 18.1 Å². The van der Waals surface area contributed by atoms with E-state index in [1.54, 1.807) is 13.8 Å². The Balaban J connectivity index is 1.73. The number of carbonyl (C=O) groups is 1. The second-order valence-corrected chi connectivity index (χ2v) is 9.98. The van der Waals surface area contributed by atoms with Gasteiger partial charge in [0.2, 0.25) is 12.2 Å². The third kappa shape index (κ3) is 7.14. The quantitative estimate of drug-likeness (QED) is 0.344. The first kappa shape index (κ1) is 33.2. The molecule has 1 amide bonds. The van der Waals surface area contributed by atoms with Gasteiger partial charge in [0.1, 0.15) is 0 Å². The number of aliphatic hydroxyl groups is 1. The van der Waals surface area contributed by atoms with Crippen LogP contribution in [0.2, 0.25) is 0 Å². The van der Waals surface area contributed by atoms with Gasteiger partial charge < -0.3 is 15.2 Å². The Kier molecular flexibility index (Phi) is 9.30. The number of aliphatic hydroxyl groups excluding tert-OH is 1. The summed E-state index contributed by atoms with van der Waals surface area (Å²) in [6.07, 6.45) is -16.7. The Bertz CT molecular complexity index is 1360. The highest BCUT2D eigenvalue weighted by Crippen LogP contribution is 2.42. The summed E-state index contributed by atoms with van der Waals surface area (Å²) < 4.78 is 127. The van der Waals surface area contributed by atoms with Crippen LogP contribution in [-0.2, 0) is 34.6 Å². The SMILES string of the molecule is CCOC(=O)N1c2ccc(C(F)(F)F)cc2[C@@H](NC2=NC(CO)ON2Cc2cc(C(F)(F)F)cc(C(F)(F)F)c2)C[C@H]1CC. The first-order chi connectivity index (χ1) is 20.5. The zero-order chi connectivity index (χ0) is 32.6. The van der Waals surface area contributed by atoms with Crippen molar-refractivity contribution in [3.8, 4) is 0 Å². The molecule has 2 aromatic rings. The smallest absolute Gasteiger partial charge is 0.416 e. The van der Waals surface area contributed by atoms with Crippen molar-refractivity contribution in [3.63, 3.8) is 0 Å². The van der Waals surface area contributed by atoms with E-state index in [4.69, 9.17) is 9.57 Å². The van der Waals surface area contributed by atoms with E-state index >= 15 is 0 Å². The Labute approximate surface area is 245 Å². The Morgan fingerprint density at radius 2 is 1.59 bits per heavy atom. The number of nitrogens with zero attached hydrogens (tertiary/aromatic N) is 3. The van der Waals surface area contributed by atoms with E-state index in [9.17, 15) is 49.4 Å². The molecular formula is C27H27F9N4O4. The maximum absolute atomic E-state index is 13.7. The Hall–Kier alpha value is -3.73. The number of halogens is 9. The summed E-state index contributed by atoms with van der Waals surface area (Å²) in [5, 5.41) is 13.3. The molecule has 2 N–H and O–H groups in total. The largest absolute Gasteiger partial charge is 0.449 e. The minimum absolute atomic E-state index is 0.000654. The first-order valence-electron chi connectivity index (χ1n) is 13.3. The van der Waals surface area contributed by atoms with Gasteiger partial charge in [-0.3, -0.25) is 4.90 Å². The molecule has 2 aliphatic rings. The molecule has 2 heterocycles. The minimum atomic E-state index is -5.10. The summed E-state index contributed by atoms with van der Waals surface area (Å²) in [6, 6.07) is 2.14. The molecule has 0 saturated heterocycles. The van der Waals surface area contributed by atoms with Crippen LogP contribution in [0.5, 0.6) is 0 Å². The number of aliphatic imine (C=N–C) groups is 1. The van der Waals surface area contributed by atoms with Gasteiger partial charge in [0.15, 0.2) is 0 Å². The number of guanidine groups is 1. The number of ether oxygens (including phenoxy) is 1. The molecule has 44 heavy (non-hydrogen) atoms. The molecule has 0 aliphatic carbocycles. The van der Waals surface area contributed by atoms with Gasteiger partial charge in [0.05, 0.1) is 48.2 Å². The standard InChI is InChI=1S/C27H27F9N4O4/c1-3-18-11-20(19-10-15(25(28,29)30)5-6-21(19)40(18)24(42)43-4-2)37-23-38-22(13-41)44-39(23)12-14-7-16(26(31,32)33)9-17(8-14)27(34,35)36/h5-10,18,20,22,41H,3-4,11-13H2,1-2H3,(H,37,38)/t18-,20+,22?/m1/s1. The molecule has 1 unspecified atom stereocenters. The van der Waals surface area contributed by atoms with Crippen LogP contribution in [0.3, 0.4) is 0 Å². The number of fused-ring (bicyclic) bond motifs is 1. The van der Waals surface area contributed by atoms with Crippen LogP contribution in [0.4, 0.5) is 50.0 Å². The topological polar surface area (TPSA) is 86.6 Å². The van der Waals surface area contributed by atoms with Crippen molar-refractivity contribution in [2.45, 2.75) is 70.1 Å². The number of hydroxylamine groups is 2. The molecule has 2 aromatic carbocycles. The number of hydrogen-bond acceptors (Lipinski definition) is 7. The second-order valence-electron chi connectivity index (χ2n) is 9.98. The van der Waals surface area contributed by atoms with E-state index in [1.165, 1.54) is 4.90 Å². The summed E-state index contributed by atoms with van der Waals surface area (Å²) in [6.45, 7) is 1.86. The fraction of sp³-hybridized carbons (Fsp3) is 0.481. The number of benzene rings is 2. The normalized spacial score (nSPS) is 20.8. The van der Waals surface area contributed by atoms with Gasteiger partial charge in [-0.05, 0) is 67.3 Å². The highest BCUT2D eigenvalue weighted by Gasteiger charge is 2.41. The number of amides is 1. The predicted octanol–water partition coefficient (Wildman–Crippen LogP) is 6.64. The van der Waals surface area contributed by atoms with Crippen molar-refractivity contribution < 1.29 is 59.0 Å². The summed E-state index contributed by atoms with van der Waals surface area (Å²) >= 11 is 0. The lowest BCUT2D eigenvalue weighted by Crippen LogP contribution is -2.49. The first-order valence-corrected chi connectivity index (χ1v) is 13.3. The molecule has 0 fully saturated rings. The lowest BCUT2D eigenvalue weighted by atomic mass is 9.89. The third-order valence-corrected chi connectivity index (χ3v) is 6.98. The van der Waals surface area contributed by atoms with Gasteiger partial charge in [0, 0.05) is 6.04 Å². The van der Waals surface area contributed by atoms with Crippen molar-refractivity contribution in [3.05, 3.63) is 64.2 Å². The van der Waals surface area contributed by atoms with Crippen LogP contribution in [0.1, 0.15) is 60.5 Å². The molecule has 2 aliphatic heterocycles. The molecule has 4 rings (SSSR count). The molecule has 242 valence electrons. The fourth-order valence-electron chi connectivity index (χ4n) is 5.01. The molecular weight excluding hydrogens is 615 g/mol. The third-order valence-electron chi connectivity index (χ3n) is 6.98. The van der Waals surface area contributed by atoms with Crippen molar-refractivity contribution >= 4 is 17.7 Å². The van der Waals surface area contributed by atoms with E-state index in [-0.39, 0.29) is 36.3 Å². The average Bonchev–Trinajstić information content (AvgIpc) is 3.31. The van der Waals surface area contributed by atoms with Gasteiger partial charge in [-0.25, -0.2) is 19.7 Å². The maximum atomic E-state index is 13.7. The zero-order valence-electron chi connectivity index (χ0n) is 23.1. The van der Waals surface area contributed by atoms with Crippen LogP contribution in [-0.4, -0.2) is 47.7 Å². The summed E-state index contributed by atoms with van der Waals surface area (Å²) in [4.78, 5) is 23.6.